The van der Waals surface area contributed by atoms with Crippen LogP contribution in [0.3, 0.4) is 0 Å². The summed E-state index contributed by atoms with van der Waals surface area (Å²) < 4.78 is 4.70. The molecule has 4 heteroatoms. The fourth-order valence-corrected chi connectivity index (χ4v) is 1.81. The quantitative estimate of drug-likeness (QED) is 0.505. The Kier molecular flexibility index (Phi) is 4.34. The van der Waals surface area contributed by atoms with E-state index in [2.05, 4.69) is 6.58 Å². The Balaban J connectivity index is 2.65. The Labute approximate surface area is 89.9 Å². The van der Waals surface area contributed by atoms with E-state index in [4.69, 9.17) is 4.74 Å². The van der Waals surface area contributed by atoms with E-state index in [0.717, 1.165) is 6.42 Å². The predicted octanol–water partition coefficient (Wildman–Crippen LogP) is 1.12. The summed E-state index contributed by atoms with van der Waals surface area (Å²) in [6, 6.07) is -0.428. The second-order valence-corrected chi connectivity index (χ2v) is 3.60. The number of hydrogen-bond acceptors (Lipinski definition) is 3. The Bertz CT molecular complexity index is 263. The van der Waals surface area contributed by atoms with Crippen molar-refractivity contribution in [2.75, 3.05) is 13.7 Å². The third-order valence-electron chi connectivity index (χ3n) is 2.60. The van der Waals surface area contributed by atoms with Crippen molar-refractivity contribution in [1.82, 2.24) is 4.90 Å². The van der Waals surface area contributed by atoms with Crippen LogP contribution in [-0.2, 0) is 14.3 Å². The highest BCUT2D eigenvalue weighted by Gasteiger charge is 2.32. The van der Waals surface area contributed by atoms with Gasteiger partial charge in [-0.3, -0.25) is 4.79 Å². The fourth-order valence-electron chi connectivity index (χ4n) is 1.81. The topological polar surface area (TPSA) is 46.6 Å². The molecule has 0 aromatic rings. The number of carbonyl (C=O) groups excluding carboxylic acids is 2. The van der Waals surface area contributed by atoms with Crippen molar-refractivity contribution >= 4 is 11.9 Å². The third kappa shape index (κ3) is 2.81. The predicted molar refractivity (Wildman–Crippen MR) is 56.2 cm³/mol. The molecule has 15 heavy (non-hydrogen) atoms. The molecule has 1 heterocycles. The van der Waals surface area contributed by atoms with Gasteiger partial charge in [-0.15, -0.1) is 6.58 Å². The second kappa shape index (κ2) is 5.53. The molecule has 0 N–H and O–H groups in total. The average molecular weight is 211 g/mol. The number of likely N-dealkylation sites (tertiary alicyclic amines) is 1. The van der Waals surface area contributed by atoms with E-state index in [1.807, 2.05) is 0 Å². The normalized spacial score (nSPS) is 17.7. The van der Waals surface area contributed by atoms with Gasteiger partial charge in [0.25, 0.3) is 0 Å². The van der Waals surface area contributed by atoms with Gasteiger partial charge < -0.3 is 9.64 Å². The molecular weight excluding hydrogens is 194 g/mol. The van der Waals surface area contributed by atoms with E-state index >= 15 is 0 Å². The first-order valence-electron chi connectivity index (χ1n) is 5.19. The zero-order valence-corrected chi connectivity index (χ0v) is 9.07. The van der Waals surface area contributed by atoms with Crippen molar-refractivity contribution in [3.8, 4) is 0 Å². The zero-order chi connectivity index (χ0) is 11.3. The highest BCUT2D eigenvalue weighted by Crippen LogP contribution is 2.18. The third-order valence-corrected chi connectivity index (χ3v) is 2.60. The van der Waals surface area contributed by atoms with Crippen molar-refractivity contribution in [3.05, 3.63) is 12.7 Å². The smallest absolute Gasteiger partial charge is 0.328 e. The van der Waals surface area contributed by atoms with Crippen molar-refractivity contribution in [3.63, 3.8) is 0 Å². The average Bonchev–Trinajstić information content (AvgIpc) is 2.65. The summed E-state index contributed by atoms with van der Waals surface area (Å²) >= 11 is 0. The number of hydrogen-bond donors (Lipinski definition) is 0. The van der Waals surface area contributed by atoms with Gasteiger partial charge in [0.2, 0.25) is 5.91 Å². The van der Waals surface area contributed by atoms with E-state index < -0.39 is 6.04 Å². The van der Waals surface area contributed by atoms with Crippen LogP contribution in [0.25, 0.3) is 0 Å². The molecule has 0 spiro atoms. The van der Waals surface area contributed by atoms with Crippen LogP contribution in [-0.4, -0.2) is 36.5 Å². The molecule has 1 saturated heterocycles. The summed E-state index contributed by atoms with van der Waals surface area (Å²) in [5.74, 6) is -0.276. The SMILES string of the molecule is C=CCC[C@@H](C(=O)OC)N1CCCC1=O. The molecule has 4 nitrogen and oxygen atoms in total. The van der Waals surface area contributed by atoms with Crippen LogP contribution in [0, 0.1) is 0 Å². The van der Waals surface area contributed by atoms with Crippen molar-refractivity contribution in [2.45, 2.75) is 31.7 Å². The molecule has 1 fully saturated rings. The molecule has 0 bridgehead atoms. The number of methoxy groups -OCH3 is 1. The van der Waals surface area contributed by atoms with Crippen LogP contribution in [0.1, 0.15) is 25.7 Å². The number of rotatable bonds is 5. The minimum Gasteiger partial charge on any atom is -0.467 e. The molecule has 1 rings (SSSR count). The highest BCUT2D eigenvalue weighted by atomic mass is 16.5. The van der Waals surface area contributed by atoms with Crippen molar-refractivity contribution in [2.24, 2.45) is 0 Å². The summed E-state index contributed by atoms with van der Waals surface area (Å²) in [5, 5.41) is 0. The van der Waals surface area contributed by atoms with Crippen LogP contribution < -0.4 is 0 Å². The highest BCUT2D eigenvalue weighted by molar-refractivity contribution is 5.85. The standard InChI is InChI=1S/C11H17NO3/c1-3-4-6-9(11(14)15-2)12-8-5-7-10(12)13/h3,9H,1,4-8H2,2H3/t9-/m0/s1. The van der Waals surface area contributed by atoms with Gasteiger partial charge >= 0.3 is 5.97 Å². The molecule has 0 aromatic carbocycles. The molecule has 1 atom stereocenters. The van der Waals surface area contributed by atoms with Gasteiger partial charge in [-0.1, -0.05) is 6.08 Å². The summed E-state index contributed by atoms with van der Waals surface area (Å²) in [6.07, 6.45) is 4.43. The maximum absolute atomic E-state index is 11.5. The molecule has 0 unspecified atom stereocenters. The Morgan fingerprint density at radius 3 is 2.93 bits per heavy atom. The lowest BCUT2D eigenvalue weighted by Crippen LogP contribution is -2.42. The van der Waals surface area contributed by atoms with E-state index in [0.29, 0.717) is 25.8 Å². The minimum atomic E-state index is -0.428. The lowest BCUT2D eigenvalue weighted by atomic mass is 10.1. The molecule has 1 aliphatic heterocycles. The van der Waals surface area contributed by atoms with E-state index in [1.165, 1.54) is 7.11 Å². The number of nitrogens with zero attached hydrogens (tertiary/aromatic N) is 1. The molecule has 0 saturated carbocycles. The van der Waals surface area contributed by atoms with Gasteiger partial charge in [-0.05, 0) is 19.3 Å². The molecular formula is C11H17NO3. The first-order valence-corrected chi connectivity index (χ1v) is 5.19. The Morgan fingerprint density at radius 1 is 1.73 bits per heavy atom. The van der Waals surface area contributed by atoms with Gasteiger partial charge in [0.1, 0.15) is 6.04 Å². The molecule has 0 aliphatic carbocycles. The lowest BCUT2D eigenvalue weighted by Gasteiger charge is -2.24. The van der Waals surface area contributed by atoms with Crippen LogP contribution in [0.2, 0.25) is 0 Å². The summed E-state index contributed by atoms with van der Waals surface area (Å²) in [6.45, 7) is 4.27. The first kappa shape index (κ1) is 11.8. The number of carbonyl (C=O) groups is 2. The van der Waals surface area contributed by atoms with Crippen molar-refractivity contribution < 1.29 is 14.3 Å². The molecule has 1 amide bonds. The molecule has 1 aliphatic rings. The molecule has 0 aromatic heterocycles. The van der Waals surface area contributed by atoms with Gasteiger partial charge in [-0.25, -0.2) is 4.79 Å². The minimum absolute atomic E-state index is 0.0504. The number of ether oxygens (including phenoxy) is 1. The van der Waals surface area contributed by atoms with E-state index in [9.17, 15) is 9.59 Å². The lowest BCUT2D eigenvalue weighted by molar-refractivity contribution is -0.151. The maximum atomic E-state index is 11.5. The monoisotopic (exact) mass is 211 g/mol. The number of esters is 1. The van der Waals surface area contributed by atoms with Crippen LogP contribution in [0.5, 0.6) is 0 Å². The van der Waals surface area contributed by atoms with Crippen LogP contribution in [0.4, 0.5) is 0 Å². The number of allylic oxidation sites excluding steroid dienone is 1. The first-order chi connectivity index (χ1) is 7.20. The largest absolute Gasteiger partial charge is 0.467 e. The second-order valence-electron chi connectivity index (χ2n) is 3.60. The summed E-state index contributed by atoms with van der Waals surface area (Å²) in [4.78, 5) is 24.6. The Morgan fingerprint density at radius 2 is 2.47 bits per heavy atom. The van der Waals surface area contributed by atoms with Gasteiger partial charge in [-0.2, -0.15) is 0 Å². The summed E-state index contributed by atoms with van der Waals surface area (Å²) in [5.41, 5.74) is 0. The Hall–Kier alpha value is -1.32. The van der Waals surface area contributed by atoms with Crippen LogP contribution in [0.15, 0.2) is 12.7 Å². The summed E-state index contributed by atoms with van der Waals surface area (Å²) in [7, 11) is 1.35. The van der Waals surface area contributed by atoms with Gasteiger partial charge in [0, 0.05) is 13.0 Å². The van der Waals surface area contributed by atoms with Crippen LogP contribution >= 0.6 is 0 Å². The fraction of sp³-hybridized carbons (Fsp3) is 0.636. The van der Waals surface area contributed by atoms with E-state index in [-0.39, 0.29) is 11.9 Å². The van der Waals surface area contributed by atoms with Gasteiger partial charge in [0.05, 0.1) is 7.11 Å². The van der Waals surface area contributed by atoms with E-state index in [1.54, 1.807) is 11.0 Å². The van der Waals surface area contributed by atoms with Crippen molar-refractivity contribution in [1.29, 1.82) is 0 Å². The molecule has 0 radical (unpaired) electrons. The van der Waals surface area contributed by atoms with Gasteiger partial charge in [0.15, 0.2) is 0 Å². The maximum Gasteiger partial charge on any atom is 0.328 e. The zero-order valence-electron chi connectivity index (χ0n) is 9.07. The molecule has 84 valence electrons. The number of amides is 1.